The molecule has 4 nitrogen and oxygen atoms in total. The summed E-state index contributed by atoms with van der Waals surface area (Å²) in [6.45, 7) is 3.38. The standard InChI is InChI=1S/C17H19NO3/c1-12(19)14-7-6-8-15(11-14)18-17(20)13(2)21-16-9-4-3-5-10-16/h3-13,19H,1-2H3,(H,18,20)/t12-,13-/m0/s1. The molecule has 2 aromatic carbocycles. The lowest BCUT2D eigenvalue weighted by molar-refractivity contribution is -0.122. The zero-order chi connectivity index (χ0) is 15.2. The summed E-state index contributed by atoms with van der Waals surface area (Å²) in [7, 11) is 0. The molecule has 2 atom stereocenters. The van der Waals surface area contributed by atoms with Crippen LogP contribution in [-0.2, 0) is 4.79 Å². The fourth-order valence-electron chi connectivity index (χ4n) is 1.88. The monoisotopic (exact) mass is 285 g/mol. The van der Waals surface area contributed by atoms with Crippen LogP contribution in [0.5, 0.6) is 5.75 Å². The Hall–Kier alpha value is -2.33. The van der Waals surface area contributed by atoms with Crippen LogP contribution in [0, 0.1) is 0 Å². The lowest BCUT2D eigenvalue weighted by Crippen LogP contribution is -2.30. The number of hydrogen-bond acceptors (Lipinski definition) is 3. The molecule has 0 radical (unpaired) electrons. The average Bonchev–Trinajstić information content (AvgIpc) is 2.48. The Morgan fingerprint density at radius 2 is 1.81 bits per heavy atom. The van der Waals surface area contributed by atoms with Crippen molar-refractivity contribution in [1.82, 2.24) is 0 Å². The van der Waals surface area contributed by atoms with Crippen LogP contribution >= 0.6 is 0 Å². The van der Waals surface area contributed by atoms with Gasteiger partial charge in [0.1, 0.15) is 5.75 Å². The van der Waals surface area contributed by atoms with Crippen LogP contribution in [0.2, 0.25) is 0 Å². The van der Waals surface area contributed by atoms with Gasteiger partial charge in [-0.25, -0.2) is 0 Å². The number of nitrogens with one attached hydrogen (secondary N) is 1. The summed E-state index contributed by atoms with van der Waals surface area (Å²) in [5.74, 6) is 0.416. The van der Waals surface area contributed by atoms with Crippen molar-refractivity contribution in [1.29, 1.82) is 0 Å². The van der Waals surface area contributed by atoms with Crippen LogP contribution in [0.4, 0.5) is 5.69 Å². The minimum atomic E-state index is -0.609. The van der Waals surface area contributed by atoms with E-state index in [2.05, 4.69) is 5.32 Å². The molecular formula is C17H19NO3. The zero-order valence-corrected chi connectivity index (χ0v) is 12.1. The lowest BCUT2D eigenvalue weighted by atomic mass is 10.1. The first-order valence-corrected chi connectivity index (χ1v) is 6.87. The summed E-state index contributed by atoms with van der Waals surface area (Å²) in [5, 5.41) is 12.3. The second-order valence-electron chi connectivity index (χ2n) is 4.86. The highest BCUT2D eigenvalue weighted by Gasteiger charge is 2.15. The van der Waals surface area contributed by atoms with E-state index in [4.69, 9.17) is 4.74 Å². The maximum absolute atomic E-state index is 12.1. The van der Waals surface area contributed by atoms with Crippen molar-refractivity contribution in [2.24, 2.45) is 0 Å². The van der Waals surface area contributed by atoms with Crippen molar-refractivity contribution < 1.29 is 14.6 Å². The molecule has 1 amide bonds. The van der Waals surface area contributed by atoms with Crippen molar-refractivity contribution in [2.75, 3.05) is 5.32 Å². The van der Waals surface area contributed by atoms with E-state index < -0.39 is 12.2 Å². The van der Waals surface area contributed by atoms with Gasteiger partial charge in [-0.15, -0.1) is 0 Å². The number of aliphatic hydroxyl groups is 1. The van der Waals surface area contributed by atoms with Crippen molar-refractivity contribution >= 4 is 11.6 Å². The first-order chi connectivity index (χ1) is 10.1. The molecule has 0 spiro atoms. The predicted molar refractivity (Wildman–Crippen MR) is 82.2 cm³/mol. The molecule has 0 heterocycles. The van der Waals surface area contributed by atoms with Crippen LogP contribution < -0.4 is 10.1 Å². The maximum atomic E-state index is 12.1. The van der Waals surface area contributed by atoms with E-state index in [1.54, 1.807) is 44.2 Å². The van der Waals surface area contributed by atoms with Gasteiger partial charge in [-0.2, -0.15) is 0 Å². The molecule has 0 fully saturated rings. The summed E-state index contributed by atoms with van der Waals surface area (Å²) in [6.07, 6.45) is -1.18. The zero-order valence-electron chi connectivity index (χ0n) is 12.1. The second-order valence-corrected chi connectivity index (χ2v) is 4.86. The van der Waals surface area contributed by atoms with Gasteiger partial charge >= 0.3 is 0 Å². The van der Waals surface area contributed by atoms with Gasteiger partial charge < -0.3 is 15.2 Å². The number of carbonyl (C=O) groups excluding carboxylic acids is 1. The van der Waals surface area contributed by atoms with Gasteiger partial charge in [0.2, 0.25) is 0 Å². The third kappa shape index (κ3) is 4.33. The quantitative estimate of drug-likeness (QED) is 0.887. The summed E-state index contributed by atoms with van der Waals surface area (Å²) in [6, 6.07) is 16.3. The van der Waals surface area contributed by atoms with E-state index in [0.717, 1.165) is 5.56 Å². The largest absolute Gasteiger partial charge is 0.481 e. The molecule has 2 rings (SSSR count). The molecule has 4 heteroatoms. The van der Waals surface area contributed by atoms with Gasteiger partial charge in [-0.05, 0) is 43.7 Å². The van der Waals surface area contributed by atoms with Gasteiger partial charge in [0.25, 0.3) is 5.91 Å². The molecule has 0 aliphatic heterocycles. The van der Waals surface area contributed by atoms with Gasteiger partial charge in [0.15, 0.2) is 6.10 Å². The summed E-state index contributed by atoms with van der Waals surface area (Å²) in [4.78, 5) is 12.1. The van der Waals surface area contributed by atoms with E-state index in [9.17, 15) is 9.90 Å². The van der Waals surface area contributed by atoms with Crippen molar-refractivity contribution in [3.8, 4) is 5.75 Å². The van der Waals surface area contributed by atoms with Gasteiger partial charge in [-0.3, -0.25) is 4.79 Å². The minimum absolute atomic E-state index is 0.235. The Labute approximate surface area is 124 Å². The molecule has 2 aromatic rings. The van der Waals surface area contributed by atoms with Crippen LogP contribution in [0.25, 0.3) is 0 Å². The van der Waals surface area contributed by atoms with E-state index in [0.29, 0.717) is 11.4 Å². The fraction of sp³-hybridized carbons (Fsp3) is 0.235. The van der Waals surface area contributed by atoms with Gasteiger partial charge in [0, 0.05) is 5.69 Å². The Balaban J connectivity index is 1.99. The lowest BCUT2D eigenvalue weighted by Gasteiger charge is -2.15. The van der Waals surface area contributed by atoms with Crippen molar-refractivity contribution in [3.05, 3.63) is 60.2 Å². The smallest absolute Gasteiger partial charge is 0.265 e. The predicted octanol–water partition coefficient (Wildman–Crippen LogP) is 3.15. The highest BCUT2D eigenvalue weighted by molar-refractivity contribution is 5.94. The number of amides is 1. The highest BCUT2D eigenvalue weighted by Crippen LogP contribution is 2.18. The summed E-state index contributed by atoms with van der Waals surface area (Å²) >= 11 is 0. The molecule has 21 heavy (non-hydrogen) atoms. The van der Waals surface area contributed by atoms with Crippen LogP contribution in [0.1, 0.15) is 25.5 Å². The third-order valence-corrected chi connectivity index (χ3v) is 3.06. The van der Waals surface area contributed by atoms with Crippen molar-refractivity contribution in [2.45, 2.75) is 26.1 Å². The Morgan fingerprint density at radius 3 is 2.48 bits per heavy atom. The number of rotatable bonds is 5. The number of carbonyl (C=O) groups is 1. The van der Waals surface area contributed by atoms with Crippen LogP contribution in [0.3, 0.4) is 0 Å². The normalized spacial score (nSPS) is 13.3. The number of para-hydroxylation sites is 1. The third-order valence-electron chi connectivity index (χ3n) is 3.06. The molecule has 0 saturated carbocycles. The van der Waals surface area contributed by atoms with Crippen LogP contribution in [0.15, 0.2) is 54.6 Å². The molecule has 2 N–H and O–H groups in total. The minimum Gasteiger partial charge on any atom is -0.481 e. The Kier molecular flexibility index (Phi) is 4.95. The van der Waals surface area contributed by atoms with Crippen LogP contribution in [-0.4, -0.2) is 17.1 Å². The van der Waals surface area contributed by atoms with E-state index >= 15 is 0 Å². The average molecular weight is 285 g/mol. The molecule has 110 valence electrons. The molecule has 0 aliphatic carbocycles. The Bertz CT molecular complexity index is 596. The molecule has 0 aromatic heterocycles. The maximum Gasteiger partial charge on any atom is 0.265 e. The second kappa shape index (κ2) is 6.90. The number of hydrogen-bond donors (Lipinski definition) is 2. The topological polar surface area (TPSA) is 58.6 Å². The molecule has 0 aliphatic rings. The number of anilines is 1. The van der Waals surface area contributed by atoms with E-state index in [1.165, 1.54) is 0 Å². The summed E-state index contributed by atoms with van der Waals surface area (Å²) in [5.41, 5.74) is 1.39. The molecule has 0 bridgehead atoms. The first-order valence-electron chi connectivity index (χ1n) is 6.87. The van der Waals surface area contributed by atoms with E-state index in [-0.39, 0.29) is 5.91 Å². The Morgan fingerprint density at radius 1 is 1.10 bits per heavy atom. The highest BCUT2D eigenvalue weighted by atomic mass is 16.5. The SMILES string of the molecule is C[C@H](Oc1ccccc1)C(=O)Nc1cccc([C@H](C)O)c1. The van der Waals surface area contributed by atoms with Crippen molar-refractivity contribution in [3.63, 3.8) is 0 Å². The summed E-state index contributed by atoms with van der Waals surface area (Å²) < 4.78 is 5.56. The number of ether oxygens (including phenoxy) is 1. The number of benzene rings is 2. The molecular weight excluding hydrogens is 266 g/mol. The van der Waals surface area contributed by atoms with Gasteiger partial charge in [0.05, 0.1) is 6.10 Å². The van der Waals surface area contributed by atoms with E-state index in [1.807, 2.05) is 24.3 Å². The first kappa shape index (κ1) is 15.1. The molecule has 0 saturated heterocycles. The van der Waals surface area contributed by atoms with Gasteiger partial charge in [-0.1, -0.05) is 30.3 Å². The fourth-order valence-corrected chi connectivity index (χ4v) is 1.88. The number of aliphatic hydroxyl groups excluding tert-OH is 1. The molecule has 0 unspecified atom stereocenters.